The Morgan fingerprint density at radius 3 is 2.68 bits per heavy atom. The molecular formula is C15H23NO3. The molecule has 1 fully saturated rings. The summed E-state index contributed by atoms with van der Waals surface area (Å²) in [5.74, 6) is -1.14. The van der Waals surface area contributed by atoms with Crippen LogP contribution >= 0.6 is 0 Å². The minimum atomic E-state index is -0.761. The van der Waals surface area contributed by atoms with Crippen molar-refractivity contribution in [2.24, 2.45) is 11.8 Å². The van der Waals surface area contributed by atoms with Crippen molar-refractivity contribution in [2.75, 3.05) is 6.54 Å². The second kappa shape index (κ2) is 6.73. The summed E-state index contributed by atoms with van der Waals surface area (Å²) in [6.07, 6.45) is 9.99. The van der Waals surface area contributed by atoms with Crippen LogP contribution in [-0.2, 0) is 9.59 Å². The Balaban J connectivity index is 1.67. The lowest BCUT2D eigenvalue weighted by Crippen LogP contribution is -2.30. The molecule has 2 unspecified atom stereocenters. The predicted octanol–water partition coefficient (Wildman–Crippen LogP) is 2.49. The summed E-state index contributed by atoms with van der Waals surface area (Å²) in [4.78, 5) is 22.8. The Morgan fingerprint density at radius 1 is 1.26 bits per heavy atom. The molecule has 0 spiro atoms. The molecule has 0 bridgehead atoms. The van der Waals surface area contributed by atoms with Gasteiger partial charge >= 0.3 is 5.97 Å². The molecule has 0 saturated heterocycles. The lowest BCUT2D eigenvalue weighted by Gasteiger charge is -2.14. The topological polar surface area (TPSA) is 66.4 Å². The first-order valence-electron chi connectivity index (χ1n) is 7.35. The van der Waals surface area contributed by atoms with E-state index < -0.39 is 5.97 Å². The number of aliphatic carboxylic acids is 1. The lowest BCUT2D eigenvalue weighted by atomic mass is 9.97. The van der Waals surface area contributed by atoms with E-state index in [1.54, 1.807) is 0 Å². The standard InChI is InChI=1S/C15H23NO3/c17-14(12-6-7-13(10-12)15(18)19)16-9-8-11-4-2-1-3-5-11/h4,12-13H,1-3,5-10H2,(H,16,17)(H,18,19). The Morgan fingerprint density at radius 2 is 2.05 bits per heavy atom. The molecule has 106 valence electrons. The van der Waals surface area contributed by atoms with Crippen molar-refractivity contribution in [3.8, 4) is 0 Å². The average Bonchev–Trinajstić information content (AvgIpc) is 2.89. The number of carboxylic acids is 1. The molecule has 1 amide bonds. The normalized spacial score (nSPS) is 26.8. The highest BCUT2D eigenvalue weighted by molar-refractivity contribution is 5.80. The van der Waals surface area contributed by atoms with Crippen molar-refractivity contribution in [1.29, 1.82) is 0 Å². The van der Waals surface area contributed by atoms with Crippen LogP contribution in [0.3, 0.4) is 0 Å². The Labute approximate surface area is 114 Å². The summed E-state index contributed by atoms with van der Waals surface area (Å²) in [5.41, 5.74) is 1.46. The smallest absolute Gasteiger partial charge is 0.306 e. The third-order valence-corrected chi connectivity index (χ3v) is 4.28. The van der Waals surface area contributed by atoms with Gasteiger partial charge in [0.25, 0.3) is 0 Å². The first-order chi connectivity index (χ1) is 9.16. The fraction of sp³-hybridized carbons (Fsp3) is 0.733. The van der Waals surface area contributed by atoms with Crippen LogP contribution in [0.5, 0.6) is 0 Å². The first kappa shape index (κ1) is 14.1. The predicted molar refractivity (Wildman–Crippen MR) is 72.6 cm³/mol. The third kappa shape index (κ3) is 4.08. The van der Waals surface area contributed by atoms with Crippen LogP contribution in [-0.4, -0.2) is 23.5 Å². The van der Waals surface area contributed by atoms with Crippen molar-refractivity contribution >= 4 is 11.9 Å². The van der Waals surface area contributed by atoms with Crippen LogP contribution in [0.1, 0.15) is 51.4 Å². The van der Waals surface area contributed by atoms with Crippen molar-refractivity contribution in [2.45, 2.75) is 51.4 Å². The van der Waals surface area contributed by atoms with E-state index in [2.05, 4.69) is 11.4 Å². The van der Waals surface area contributed by atoms with E-state index in [4.69, 9.17) is 5.11 Å². The van der Waals surface area contributed by atoms with Gasteiger partial charge in [-0.25, -0.2) is 0 Å². The summed E-state index contributed by atoms with van der Waals surface area (Å²) in [7, 11) is 0. The van der Waals surface area contributed by atoms with Crippen molar-refractivity contribution < 1.29 is 14.7 Å². The number of nitrogens with one attached hydrogen (secondary N) is 1. The van der Waals surface area contributed by atoms with Crippen molar-refractivity contribution in [1.82, 2.24) is 5.32 Å². The van der Waals surface area contributed by atoms with Gasteiger partial charge < -0.3 is 10.4 Å². The molecule has 4 nitrogen and oxygen atoms in total. The highest BCUT2D eigenvalue weighted by Gasteiger charge is 2.33. The Kier molecular flexibility index (Phi) is 5.00. The molecule has 0 aromatic heterocycles. The van der Waals surface area contributed by atoms with Crippen molar-refractivity contribution in [3.63, 3.8) is 0 Å². The molecule has 2 N–H and O–H groups in total. The van der Waals surface area contributed by atoms with E-state index in [9.17, 15) is 9.59 Å². The second-order valence-electron chi connectivity index (χ2n) is 5.69. The maximum atomic E-state index is 11.9. The highest BCUT2D eigenvalue weighted by Crippen LogP contribution is 2.31. The summed E-state index contributed by atoms with van der Waals surface area (Å²) in [5, 5.41) is 11.9. The minimum absolute atomic E-state index is 0.0418. The number of amides is 1. The van der Waals surface area contributed by atoms with Gasteiger partial charge in [-0.15, -0.1) is 0 Å². The zero-order chi connectivity index (χ0) is 13.7. The van der Waals surface area contributed by atoms with Gasteiger partial charge in [-0.3, -0.25) is 9.59 Å². The number of carbonyl (C=O) groups excluding carboxylic acids is 1. The van der Waals surface area contributed by atoms with Gasteiger partial charge in [-0.05, 0) is 51.4 Å². The maximum Gasteiger partial charge on any atom is 0.306 e. The molecule has 2 rings (SSSR count). The molecule has 2 atom stereocenters. The van der Waals surface area contributed by atoms with E-state index in [0.29, 0.717) is 25.8 Å². The van der Waals surface area contributed by atoms with Gasteiger partial charge in [-0.2, -0.15) is 0 Å². The van der Waals surface area contributed by atoms with Gasteiger partial charge in [0, 0.05) is 12.5 Å². The van der Waals surface area contributed by atoms with Gasteiger partial charge in [0.05, 0.1) is 5.92 Å². The average molecular weight is 265 g/mol. The van der Waals surface area contributed by atoms with Crippen LogP contribution in [0.2, 0.25) is 0 Å². The van der Waals surface area contributed by atoms with Crippen LogP contribution in [0.4, 0.5) is 0 Å². The summed E-state index contributed by atoms with van der Waals surface area (Å²) < 4.78 is 0. The summed E-state index contributed by atoms with van der Waals surface area (Å²) in [6.45, 7) is 0.693. The zero-order valence-corrected chi connectivity index (χ0v) is 11.4. The number of allylic oxidation sites excluding steroid dienone is 1. The molecule has 0 radical (unpaired) electrons. The lowest BCUT2D eigenvalue weighted by molar-refractivity contribution is -0.141. The van der Waals surface area contributed by atoms with E-state index in [1.807, 2.05) is 0 Å². The first-order valence-corrected chi connectivity index (χ1v) is 7.35. The molecule has 2 aliphatic rings. The maximum absolute atomic E-state index is 11.9. The molecule has 0 aromatic carbocycles. The molecular weight excluding hydrogens is 242 g/mol. The van der Waals surface area contributed by atoms with E-state index >= 15 is 0 Å². The molecule has 0 aliphatic heterocycles. The van der Waals surface area contributed by atoms with E-state index in [0.717, 1.165) is 6.42 Å². The highest BCUT2D eigenvalue weighted by atomic mass is 16.4. The number of hydrogen-bond donors (Lipinski definition) is 2. The monoisotopic (exact) mass is 265 g/mol. The molecule has 0 heterocycles. The third-order valence-electron chi connectivity index (χ3n) is 4.28. The van der Waals surface area contributed by atoms with Crippen LogP contribution in [0, 0.1) is 11.8 Å². The molecule has 1 saturated carbocycles. The second-order valence-corrected chi connectivity index (χ2v) is 5.69. The van der Waals surface area contributed by atoms with Gasteiger partial charge in [0.2, 0.25) is 5.91 Å². The van der Waals surface area contributed by atoms with Crippen LogP contribution < -0.4 is 5.32 Å². The summed E-state index contributed by atoms with van der Waals surface area (Å²) in [6, 6.07) is 0. The zero-order valence-electron chi connectivity index (χ0n) is 11.4. The molecule has 2 aliphatic carbocycles. The largest absolute Gasteiger partial charge is 0.481 e. The summed E-state index contributed by atoms with van der Waals surface area (Å²) >= 11 is 0. The van der Waals surface area contributed by atoms with Crippen molar-refractivity contribution in [3.05, 3.63) is 11.6 Å². The van der Waals surface area contributed by atoms with Crippen LogP contribution in [0.25, 0.3) is 0 Å². The fourth-order valence-electron chi connectivity index (χ4n) is 3.07. The number of rotatable bonds is 5. The van der Waals surface area contributed by atoms with Gasteiger partial charge in [0.1, 0.15) is 0 Å². The van der Waals surface area contributed by atoms with Crippen LogP contribution in [0.15, 0.2) is 11.6 Å². The minimum Gasteiger partial charge on any atom is -0.481 e. The number of carbonyl (C=O) groups is 2. The number of hydrogen-bond acceptors (Lipinski definition) is 2. The van der Waals surface area contributed by atoms with E-state index in [-0.39, 0.29) is 17.7 Å². The number of carboxylic acid groups (broad SMARTS) is 1. The molecule has 4 heteroatoms. The van der Waals surface area contributed by atoms with Gasteiger partial charge in [-0.1, -0.05) is 11.6 Å². The fourth-order valence-corrected chi connectivity index (χ4v) is 3.07. The Bertz CT molecular complexity index is 376. The Hall–Kier alpha value is -1.32. The SMILES string of the molecule is O=C(O)C1CCC(C(=O)NCCC2=CCCCC2)C1. The van der Waals surface area contributed by atoms with Gasteiger partial charge in [0.15, 0.2) is 0 Å². The quantitative estimate of drug-likeness (QED) is 0.750. The molecule has 19 heavy (non-hydrogen) atoms. The molecule has 0 aromatic rings. The van der Waals surface area contributed by atoms with E-state index in [1.165, 1.54) is 31.3 Å².